The Hall–Kier alpha value is -5.08. The SMILES string of the molecule is Cc1ccc(C(=O)Nc2ccc(CNCCc3ccncn3)c(C(F)(F)F)c2)cc1C#Cc1cnc2cccnn12. The summed E-state index contributed by atoms with van der Waals surface area (Å²) < 4.78 is 43.2. The van der Waals surface area contributed by atoms with Crippen molar-refractivity contribution >= 4 is 17.2 Å². The summed E-state index contributed by atoms with van der Waals surface area (Å²) in [5.74, 6) is 5.52. The second-order valence-corrected chi connectivity index (χ2v) is 9.17. The van der Waals surface area contributed by atoms with Crippen LogP contribution in [-0.4, -0.2) is 37.0 Å². The first-order valence-corrected chi connectivity index (χ1v) is 12.7. The summed E-state index contributed by atoms with van der Waals surface area (Å²) in [6, 6.07) is 14.1. The molecule has 0 atom stereocenters. The molecular formula is C30H24F3N7O. The van der Waals surface area contributed by atoms with Gasteiger partial charge in [-0.2, -0.15) is 18.3 Å². The largest absolute Gasteiger partial charge is 0.416 e. The molecule has 8 nitrogen and oxygen atoms in total. The molecule has 206 valence electrons. The first-order chi connectivity index (χ1) is 19.8. The topological polar surface area (TPSA) is 97.1 Å². The van der Waals surface area contributed by atoms with Crippen molar-refractivity contribution in [3.8, 4) is 11.8 Å². The van der Waals surface area contributed by atoms with Gasteiger partial charge in [0.15, 0.2) is 5.65 Å². The quantitative estimate of drug-likeness (QED) is 0.221. The minimum Gasteiger partial charge on any atom is -0.322 e. The van der Waals surface area contributed by atoms with Gasteiger partial charge in [-0.05, 0) is 66.4 Å². The molecule has 0 fully saturated rings. The highest BCUT2D eigenvalue weighted by molar-refractivity contribution is 6.04. The summed E-state index contributed by atoms with van der Waals surface area (Å²) in [5.41, 5.74) is 3.03. The lowest BCUT2D eigenvalue weighted by atomic mass is 10.0. The van der Waals surface area contributed by atoms with Crippen LogP contribution in [0.25, 0.3) is 5.65 Å². The van der Waals surface area contributed by atoms with E-state index in [1.807, 2.05) is 13.0 Å². The van der Waals surface area contributed by atoms with E-state index < -0.39 is 17.6 Å². The number of carbonyl (C=O) groups is 1. The Morgan fingerprint density at radius 3 is 2.71 bits per heavy atom. The Morgan fingerprint density at radius 2 is 1.90 bits per heavy atom. The molecule has 0 spiro atoms. The smallest absolute Gasteiger partial charge is 0.322 e. The van der Waals surface area contributed by atoms with Crippen LogP contribution in [0.15, 0.2) is 79.5 Å². The fraction of sp³-hybridized carbons (Fsp3) is 0.167. The summed E-state index contributed by atoms with van der Waals surface area (Å²) in [7, 11) is 0. The predicted molar refractivity (Wildman–Crippen MR) is 147 cm³/mol. The normalized spacial score (nSPS) is 11.2. The van der Waals surface area contributed by atoms with Crippen molar-refractivity contribution in [3.63, 3.8) is 0 Å². The van der Waals surface area contributed by atoms with Gasteiger partial charge in [0.05, 0.1) is 11.8 Å². The number of aromatic nitrogens is 5. The van der Waals surface area contributed by atoms with Crippen LogP contribution in [0.3, 0.4) is 0 Å². The highest BCUT2D eigenvalue weighted by Gasteiger charge is 2.33. The van der Waals surface area contributed by atoms with Gasteiger partial charge in [0.1, 0.15) is 12.0 Å². The molecule has 11 heteroatoms. The van der Waals surface area contributed by atoms with Gasteiger partial charge < -0.3 is 10.6 Å². The van der Waals surface area contributed by atoms with E-state index in [0.29, 0.717) is 29.9 Å². The standard InChI is InChI=1S/C30H24F3N7O/c1-20-4-5-22(15-21(20)7-9-26-18-36-28-3-2-12-38-40(26)28)29(41)39-25-8-6-23(27(16-25)30(31,32)33)17-34-13-10-24-11-14-35-19-37-24/h2-6,8,11-12,14-16,18-19,34H,10,13,17H2,1H3,(H,39,41). The number of fused-ring (bicyclic) bond motifs is 1. The van der Waals surface area contributed by atoms with Gasteiger partial charge in [0.2, 0.25) is 0 Å². The summed E-state index contributed by atoms with van der Waals surface area (Å²) >= 11 is 0. The molecule has 3 aromatic heterocycles. The van der Waals surface area contributed by atoms with E-state index in [4.69, 9.17) is 0 Å². The minimum absolute atomic E-state index is 0.0101. The van der Waals surface area contributed by atoms with Crippen LogP contribution >= 0.6 is 0 Å². The van der Waals surface area contributed by atoms with E-state index in [-0.39, 0.29) is 23.4 Å². The molecule has 41 heavy (non-hydrogen) atoms. The number of alkyl halides is 3. The third-order valence-corrected chi connectivity index (χ3v) is 6.29. The first-order valence-electron chi connectivity index (χ1n) is 12.7. The number of amides is 1. The summed E-state index contributed by atoms with van der Waals surface area (Å²) in [6.45, 7) is 2.31. The van der Waals surface area contributed by atoms with E-state index in [9.17, 15) is 18.0 Å². The van der Waals surface area contributed by atoms with Crippen molar-refractivity contribution in [3.05, 3.63) is 119 Å². The van der Waals surface area contributed by atoms with Crippen LogP contribution in [-0.2, 0) is 19.1 Å². The molecular weight excluding hydrogens is 531 g/mol. The third kappa shape index (κ3) is 6.74. The van der Waals surface area contributed by atoms with E-state index in [1.165, 1.54) is 18.5 Å². The Bertz CT molecular complexity index is 1760. The van der Waals surface area contributed by atoms with Crippen molar-refractivity contribution in [1.29, 1.82) is 0 Å². The Labute approximate surface area is 233 Å². The molecule has 2 N–H and O–H groups in total. The van der Waals surface area contributed by atoms with Gasteiger partial charge in [-0.15, -0.1) is 0 Å². The number of hydrogen-bond donors (Lipinski definition) is 2. The number of halogens is 3. The first kappa shape index (κ1) is 27.5. The Balaban J connectivity index is 1.29. The number of nitrogens with one attached hydrogen (secondary N) is 2. The molecule has 2 aromatic carbocycles. The van der Waals surface area contributed by atoms with Gasteiger partial charge in [-0.3, -0.25) is 4.79 Å². The van der Waals surface area contributed by atoms with Gasteiger partial charge in [0.25, 0.3) is 5.91 Å². The van der Waals surface area contributed by atoms with Crippen LogP contribution in [0.5, 0.6) is 0 Å². The van der Waals surface area contributed by atoms with Crippen molar-refractivity contribution in [2.24, 2.45) is 0 Å². The van der Waals surface area contributed by atoms with Gasteiger partial charge in [0, 0.05) is 54.4 Å². The predicted octanol–water partition coefficient (Wildman–Crippen LogP) is 4.83. The number of hydrogen-bond acceptors (Lipinski definition) is 6. The number of anilines is 1. The van der Waals surface area contributed by atoms with Gasteiger partial charge >= 0.3 is 6.18 Å². The van der Waals surface area contributed by atoms with Crippen LogP contribution in [0.4, 0.5) is 18.9 Å². The van der Waals surface area contributed by atoms with E-state index in [2.05, 4.69) is 42.5 Å². The van der Waals surface area contributed by atoms with Gasteiger partial charge in [-0.25, -0.2) is 19.5 Å². The Morgan fingerprint density at radius 1 is 1.02 bits per heavy atom. The molecule has 3 heterocycles. The summed E-state index contributed by atoms with van der Waals surface area (Å²) in [6.07, 6.45) is 2.24. The molecule has 0 unspecified atom stereocenters. The number of rotatable bonds is 7. The molecule has 0 bridgehead atoms. The number of nitrogens with zero attached hydrogens (tertiary/aromatic N) is 5. The molecule has 5 rings (SSSR count). The number of imidazole rings is 1. The molecule has 0 radical (unpaired) electrons. The highest BCUT2D eigenvalue weighted by Crippen LogP contribution is 2.34. The maximum atomic E-state index is 13.9. The zero-order chi connectivity index (χ0) is 28.8. The molecule has 0 saturated carbocycles. The molecule has 5 aromatic rings. The molecule has 0 aliphatic heterocycles. The van der Waals surface area contributed by atoms with Crippen LogP contribution in [0.1, 0.15) is 44.0 Å². The summed E-state index contributed by atoms with van der Waals surface area (Å²) in [5, 5.41) is 9.83. The molecule has 0 aliphatic carbocycles. The lowest BCUT2D eigenvalue weighted by Gasteiger charge is -2.16. The minimum atomic E-state index is -4.59. The molecule has 0 saturated heterocycles. The average Bonchev–Trinajstić information content (AvgIpc) is 3.38. The number of aryl methyl sites for hydroxylation is 1. The van der Waals surface area contributed by atoms with Crippen molar-refractivity contribution in [2.75, 3.05) is 11.9 Å². The maximum absolute atomic E-state index is 13.9. The molecule has 0 aliphatic rings. The van der Waals surface area contributed by atoms with E-state index in [1.54, 1.807) is 53.4 Å². The van der Waals surface area contributed by atoms with Crippen molar-refractivity contribution in [2.45, 2.75) is 26.1 Å². The lowest BCUT2D eigenvalue weighted by Crippen LogP contribution is -2.21. The molecule has 1 amide bonds. The maximum Gasteiger partial charge on any atom is 0.416 e. The summed E-state index contributed by atoms with van der Waals surface area (Å²) in [4.78, 5) is 25.2. The lowest BCUT2D eigenvalue weighted by molar-refractivity contribution is -0.138. The van der Waals surface area contributed by atoms with Crippen LogP contribution < -0.4 is 10.6 Å². The van der Waals surface area contributed by atoms with Crippen molar-refractivity contribution in [1.82, 2.24) is 29.9 Å². The third-order valence-electron chi connectivity index (χ3n) is 6.29. The van der Waals surface area contributed by atoms with E-state index >= 15 is 0 Å². The second-order valence-electron chi connectivity index (χ2n) is 9.17. The highest BCUT2D eigenvalue weighted by atomic mass is 19.4. The number of carbonyl (C=O) groups excluding carboxylic acids is 1. The van der Waals surface area contributed by atoms with Gasteiger partial charge in [-0.1, -0.05) is 18.1 Å². The Kier molecular flexibility index (Phi) is 8.03. The fourth-order valence-corrected chi connectivity index (χ4v) is 4.12. The zero-order valence-corrected chi connectivity index (χ0v) is 21.9. The van der Waals surface area contributed by atoms with E-state index in [0.717, 1.165) is 17.3 Å². The van der Waals surface area contributed by atoms with Crippen molar-refractivity contribution < 1.29 is 18.0 Å². The fourth-order valence-electron chi connectivity index (χ4n) is 4.12. The average molecular weight is 556 g/mol. The van der Waals surface area contributed by atoms with Crippen LogP contribution in [0.2, 0.25) is 0 Å². The monoisotopic (exact) mass is 555 g/mol. The van der Waals surface area contributed by atoms with Crippen LogP contribution in [0, 0.1) is 18.8 Å². The second kappa shape index (κ2) is 12.0. The zero-order valence-electron chi connectivity index (χ0n) is 21.9. The number of benzene rings is 2.